The molecule has 0 spiro atoms. The fourth-order valence-electron chi connectivity index (χ4n) is 2.46. The Morgan fingerprint density at radius 1 is 1.23 bits per heavy atom. The number of hydrogen-bond acceptors (Lipinski definition) is 7. The molecule has 1 N–H and O–H groups in total. The van der Waals surface area contributed by atoms with Crippen molar-refractivity contribution in [3.8, 4) is 17.2 Å². The van der Waals surface area contributed by atoms with Crippen LogP contribution < -0.4 is 14.2 Å². The van der Waals surface area contributed by atoms with Gasteiger partial charge in [0.2, 0.25) is 5.75 Å². The normalized spacial score (nSPS) is 15.5. The van der Waals surface area contributed by atoms with Crippen LogP contribution in [0.1, 0.15) is 18.4 Å². The van der Waals surface area contributed by atoms with Crippen molar-refractivity contribution >= 4 is 46.3 Å². The van der Waals surface area contributed by atoms with Crippen LogP contribution in [0.5, 0.6) is 17.2 Å². The molecule has 0 aromatic heterocycles. The van der Waals surface area contributed by atoms with Crippen molar-refractivity contribution < 1.29 is 28.9 Å². The zero-order chi connectivity index (χ0) is 19.3. The molecule has 1 aliphatic heterocycles. The smallest absolute Gasteiger partial charge is 0.303 e. The van der Waals surface area contributed by atoms with E-state index < -0.39 is 5.97 Å². The molecule has 0 radical (unpaired) electrons. The summed E-state index contributed by atoms with van der Waals surface area (Å²) in [6.45, 7) is 0.275. The standard InChI is InChI=1S/C17H19NO6S2/c1-22-11-7-6-10(14(23-2)15(11)24-3)9-12-16(21)18(17(25)26-12)8-4-5-13(19)20/h6-7,9H,4-5,8H2,1-3H3,(H,19,20)/b12-9-. The van der Waals surface area contributed by atoms with Crippen LogP contribution in [0.3, 0.4) is 0 Å². The number of carboxylic acid groups (broad SMARTS) is 1. The first-order valence-corrected chi connectivity index (χ1v) is 8.91. The van der Waals surface area contributed by atoms with Gasteiger partial charge < -0.3 is 19.3 Å². The lowest BCUT2D eigenvalue weighted by Crippen LogP contribution is -2.29. The quantitative estimate of drug-likeness (QED) is 0.529. The van der Waals surface area contributed by atoms with Crippen LogP contribution in [0.25, 0.3) is 6.08 Å². The number of carbonyl (C=O) groups is 2. The van der Waals surface area contributed by atoms with Gasteiger partial charge in [0.15, 0.2) is 11.5 Å². The molecule has 0 unspecified atom stereocenters. The molecule has 0 saturated carbocycles. The number of methoxy groups -OCH3 is 3. The second-order valence-corrected chi connectivity index (χ2v) is 6.93. The molecule has 1 aliphatic rings. The Morgan fingerprint density at radius 3 is 2.50 bits per heavy atom. The van der Waals surface area contributed by atoms with E-state index in [2.05, 4.69) is 0 Å². The molecule has 0 aliphatic carbocycles. The molecule has 1 aromatic rings. The Morgan fingerprint density at radius 2 is 1.92 bits per heavy atom. The number of rotatable bonds is 8. The van der Waals surface area contributed by atoms with Gasteiger partial charge in [-0.1, -0.05) is 24.0 Å². The van der Waals surface area contributed by atoms with Crippen molar-refractivity contribution in [2.45, 2.75) is 12.8 Å². The first-order chi connectivity index (χ1) is 12.4. The van der Waals surface area contributed by atoms with Crippen molar-refractivity contribution in [1.82, 2.24) is 4.90 Å². The van der Waals surface area contributed by atoms with Gasteiger partial charge in [0.25, 0.3) is 5.91 Å². The minimum absolute atomic E-state index is 0.0143. The minimum Gasteiger partial charge on any atom is -0.493 e. The highest BCUT2D eigenvalue weighted by Gasteiger charge is 2.32. The zero-order valence-electron chi connectivity index (χ0n) is 14.6. The Balaban J connectivity index is 2.28. The highest BCUT2D eigenvalue weighted by atomic mass is 32.2. The second-order valence-electron chi connectivity index (χ2n) is 5.25. The second kappa shape index (κ2) is 8.91. The summed E-state index contributed by atoms with van der Waals surface area (Å²) in [5, 5.41) is 8.73. The molecule has 1 saturated heterocycles. The van der Waals surface area contributed by atoms with E-state index >= 15 is 0 Å². The third kappa shape index (κ3) is 4.28. The number of aliphatic carboxylic acids is 1. The number of carbonyl (C=O) groups excluding carboxylic acids is 1. The Kier molecular flexibility index (Phi) is 6.87. The molecule has 0 atom stereocenters. The Bertz CT molecular complexity index is 762. The monoisotopic (exact) mass is 397 g/mol. The number of carboxylic acids is 1. The summed E-state index contributed by atoms with van der Waals surface area (Å²) in [5.74, 6) is 0.245. The summed E-state index contributed by atoms with van der Waals surface area (Å²) in [6, 6.07) is 3.48. The van der Waals surface area contributed by atoms with E-state index in [9.17, 15) is 9.59 Å². The third-order valence-corrected chi connectivity index (χ3v) is 5.04. The van der Waals surface area contributed by atoms with Crippen LogP contribution in [0.4, 0.5) is 0 Å². The van der Waals surface area contributed by atoms with E-state index in [1.165, 1.54) is 38.0 Å². The van der Waals surface area contributed by atoms with E-state index in [1.807, 2.05) is 0 Å². The van der Waals surface area contributed by atoms with Crippen molar-refractivity contribution in [3.63, 3.8) is 0 Å². The van der Waals surface area contributed by atoms with Crippen LogP contribution in [0.2, 0.25) is 0 Å². The van der Waals surface area contributed by atoms with Crippen LogP contribution >= 0.6 is 24.0 Å². The summed E-state index contributed by atoms with van der Waals surface area (Å²) in [7, 11) is 4.54. The van der Waals surface area contributed by atoms with Gasteiger partial charge >= 0.3 is 5.97 Å². The van der Waals surface area contributed by atoms with Gasteiger partial charge in [-0.25, -0.2) is 0 Å². The van der Waals surface area contributed by atoms with Gasteiger partial charge in [-0.15, -0.1) is 0 Å². The molecule has 7 nitrogen and oxygen atoms in total. The molecular formula is C17H19NO6S2. The number of hydrogen-bond donors (Lipinski definition) is 1. The fourth-order valence-corrected chi connectivity index (χ4v) is 3.76. The van der Waals surface area contributed by atoms with Crippen LogP contribution in [0, 0.1) is 0 Å². The molecule has 0 bridgehead atoms. The first kappa shape index (κ1) is 20.1. The van der Waals surface area contributed by atoms with E-state index in [-0.39, 0.29) is 18.9 Å². The summed E-state index contributed by atoms with van der Waals surface area (Å²) in [4.78, 5) is 25.1. The van der Waals surface area contributed by atoms with Gasteiger partial charge in [-0.3, -0.25) is 14.5 Å². The lowest BCUT2D eigenvalue weighted by molar-refractivity contribution is -0.137. The Labute approximate surface area is 160 Å². The Hall–Kier alpha value is -2.26. The average Bonchev–Trinajstić information content (AvgIpc) is 2.88. The average molecular weight is 397 g/mol. The van der Waals surface area contributed by atoms with E-state index in [0.717, 1.165) is 0 Å². The highest BCUT2D eigenvalue weighted by Crippen LogP contribution is 2.42. The molecule has 26 heavy (non-hydrogen) atoms. The molecular weight excluding hydrogens is 378 g/mol. The molecule has 1 fully saturated rings. The van der Waals surface area contributed by atoms with Crippen molar-refractivity contribution in [3.05, 3.63) is 22.6 Å². The number of ether oxygens (including phenoxy) is 3. The minimum atomic E-state index is -0.902. The lowest BCUT2D eigenvalue weighted by atomic mass is 10.1. The largest absolute Gasteiger partial charge is 0.493 e. The maximum Gasteiger partial charge on any atom is 0.303 e. The van der Waals surface area contributed by atoms with E-state index in [0.29, 0.717) is 38.5 Å². The molecule has 1 heterocycles. The molecule has 140 valence electrons. The number of amides is 1. The molecule has 1 amide bonds. The van der Waals surface area contributed by atoms with Gasteiger partial charge in [0, 0.05) is 18.5 Å². The number of thioether (sulfide) groups is 1. The maximum atomic E-state index is 12.6. The first-order valence-electron chi connectivity index (χ1n) is 7.69. The van der Waals surface area contributed by atoms with Crippen LogP contribution in [-0.4, -0.2) is 54.1 Å². The fraction of sp³-hybridized carbons (Fsp3) is 0.353. The number of benzene rings is 1. The van der Waals surface area contributed by atoms with Gasteiger partial charge in [0.1, 0.15) is 4.32 Å². The predicted octanol–water partition coefficient (Wildman–Crippen LogP) is 2.78. The maximum absolute atomic E-state index is 12.6. The van der Waals surface area contributed by atoms with Crippen LogP contribution in [-0.2, 0) is 9.59 Å². The summed E-state index contributed by atoms with van der Waals surface area (Å²) in [5.41, 5.74) is 0.649. The summed E-state index contributed by atoms with van der Waals surface area (Å²) in [6.07, 6.45) is 2.01. The summed E-state index contributed by atoms with van der Waals surface area (Å²) < 4.78 is 16.4. The van der Waals surface area contributed by atoms with Gasteiger partial charge in [-0.05, 0) is 24.6 Å². The predicted molar refractivity (Wildman–Crippen MR) is 103 cm³/mol. The topological polar surface area (TPSA) is 85.3 Å². The van der Waals surface area contributed by atoms with Gasteiger partial charge in [0.05, 0.1) is 26.2 Å². The van der Waals surface area contributed by atoms with E-state index in [4.69, 9.17) is 31.5 Å². The van der Waals surface area contributed by atoms with Crippen LogP contribution in [0.15, 0.2) is 17.0 Å². The number of nitrogens with zero attached hydrogens (tertiary/aromatic N) is 1. The van der Waals surface area contributed by atoms with Crippen molar-refractivity contribution in [2.75, 3.05) is 27.9 Å². The highest BCUT2D eigenvalue weighted by molar-refractivity contribution is 8.26. The number of thiocarbonyl (C=S) groups is 1. The van der Waals surface area contributed by atoms with E-state index in [1.54, 1.807) is 18.2 Å². The molecule has 9 heteroatoms. The summed E-state index contributed by atoms with van der Waals surface area (Å²) >= 11 is 6.42. The third-order valence-electron chi connectivity index (χ3n) is 3.67. The zero-order valence-corrected chi connectivity index (χ0v) is 16.2. The van der Waals surface area contributed by atoms with Crippen molar-refractivity contribution in [1.29, 1.82) is 0 Å². The SMILES string of the molecule is COc1ccc(/C=C2\SC(=S)N(CCCC(=O)O)C2=O)c(OC)c1OC. The molecule has 2 rings (SSSR count). The van der Waals surface area contributed by atoms with Gasteiger partial charge in [-0.2, -0.15) is 0 Å². The molecule has 1 aromatic carbocycles. The van der Waals surface area contributed by atoms with Crippen molar-refractivity contribution in [2.24, 2.45) is 0 Å². The lowest BCUT2D eigenvalue weighted by Gasteiger charge is -2.14.